The lowest BCUT2D eigenvalue weighted by Crippen LogP contribution is -2.37. The fourth-order valence-electron chi connectivity index (χ4n) is 5.26. The molecule has 2 atom stereocenters. The third-order valence-corrected chi connectivity index (χ3v) is 9.74. The van der Waals surface area contributed by atoms with Crippen LogP contribution in [0.3, 0.4) is 0 Å². The summed E-state index contributed by atoms with van der Waals surface area (Å²) >= 11 is 0. The first-order valence-corrected chi connectivity index (χ1v) is 24.1. The highest BCUT2D eigenvalue weighted by molar-refractivity contribution is 7.45. The Balaban J connectivity index is 4.53. The Morgan fingerprint density at radius 1 is 0.533 bits per heavy atom. The Labute approximate surface area is 366 Å². The maximum Gasteiger partial charge on any atom is 0.306 e. The molecule has 0 fully saturated rings. The van der Waals surface area contributed by atoms with Gasteiger partial charge in [-0.25, -0.2) is 0 Å². The van der Waals surface area contributed by atoms with Crippen LogP contribution in [0.1, 0.15) is 142 Å². The first-order valence-electron chi connectivity index (χ1n) is 22.6. The number of nitrogens with zero attached hydrogens (tertiary/aromatic N) is 1. The van der Waals surface area contributed by atoms with Crippen LogP contribution in [0.4, 0.5) is 0 Å². The van der Waals surface area contributed by atoms with E-state index in [4.69, 9.17) is 18.5 Å². The van der Waals surface area contributed by atoms with Gasteiger partial charge in [0.2, 0.25) is 0 Å². The van der Waals surface area contributed by atoms with Crippen LogP contribution in [-0.2, 0) is 32.7 Å². The molecule has 0 spiro atoms. The van der Waals surface area contributed by atoms with Gasteiger partial charge >= 0.3 is 11.9 Å². The van der Waals surface area contributed by atoms with E-state index in [1.54, 1.807) is 0 Å². The number of hydrogen-bond acceptors (Lipinski definition) is 8. The highest BCUT2D eigenvalue weighted by atomic mass is 31.2. The van der Waals surface area contributed by atoms with Gasteiger partial charge in [-0.2, -0.15) is 0 Å². The third-order valence-electron chi connectivity index (χ3n) is 8.78. The van der Waals surface area contributed by atoms with Crippen LogP contribution in [-0.4, -0.2) is 70.0 Å². The minimum absolute atomic E-state index is 0.0528. The molecule has 1 unspecified atom stereocenters. The van der Waals surface area contributed by atoms with Gasteiger partial charge in [-0.3, -0.25) is 14.2 Å². The van der Waals surface area contributed by atoms with Crippen LogP contribution in [0.25, 0.3) is 0 Å². The molecule has 10 heteroatoms. The summed E-state index contributed by atoms with van der Waals surface area (Å²) in [7, 11) is 1.09. The number of rotatable bonds is 39. The molecule has 0 aliphatic rings. The summed E-state index contributed by atoms with van der Waals surface area (Å²) in [6.45, 7) is 3.95. The van der Waals surface area contributed by atoms with Crippen LogP contribution < -0.4 is 4.89 Å². The fraction of sp³-hybridized carbons (Fsp3) is 0.600. The van der Waals surface area contributed by atoms with E-state index < -0.39 is 32.5 Å². The zero-order valence-corrected chi connectivity index (χ0v) is 39.0. The fourth-order valence-corrected chi connectivity index (χ4v) is 5.99. The number of carbonyl (C=O) groups is 2. The Morgan fingerprint density at radius 2 is 0.967 bits per heavy atom. The molecule has 0 N–H and O–H groups in total. The first kappa shape index (κ1) is 56.7. The molecule has 0 aromatic carbocycles. The second-order valence-electron chi connectivity index (χ2n) is 15.7. The van der Waals surface area contributed by atoms with Crippen LogP contribution in [0.2, 0.25) is 0 Å². The van der Waals surface area contributed by atoms with Crippen molar-refractivity contribution >= 4 is 19.8 Å². The second kappa shape index (κ2) is 41.0. The monoisotopic (exact) mass is 856 g/mol. The molecule has 0 aromatic heterocycles. The average molecular weight is 856 g/mol. The highest BCUT2D eigenvalue weighted by Gasteiger charge is 2.21. The normalized spacial score (nSPS) is 14.6. The molecular formula is C50H82NO8P. The van der Waals surface area contributed by atoms with Crippen molar-refractivity contribution in [3.8, 4) is 0 Å². The van der Waals surface area contributed by atoms with E-state index in [1.165, 1.54) is 25.7 Å². The maximum atomic E-state index is 12.7. The quantitative estimate of drug-likeness (QED) is 0.0198. The molecule has 0 rings (SSSR count). The molecule has 0 aliphatic carbocycles. The van der Waals surface area contributed by atoms with Crippen LogP contribution in [0.15, 0.2) is 109 Å². The van der Waals surface area contributed by atoms with Gasteiger partial charge in [-0.05, 0) is 96.3 Å². The summed E-state index contributed by atoms with van der Waals surface area (Å²) in [5.41, 5.74) is 0. The van der Waals surface area contributed by atoms with Gasteiger partial charge in [0.05, 0.1) is 27.7 Å². The summed E-state index contributed by atoms with van der Waals surface area (Å²) < 4.78 is 33.8. The number of allylic oxidation sites excluding steroid dienone is 18. The number of phosphoric ester groups is 1. The van der Waals surface area contributed by atoms with E-state index in [0.29, 0.717) is 23.9 Å². The molecule has 0 saturated heterocycles. The zero-order chi connectivity index (χ0) is 44.3. The van der Waals surface area contributed by atoms with Crippen LogP contribution >= 0.6 is 7.82 Å². The van der Waals surface area contributed by atoms with E-state index in [9.17, 15) is 19.0 Å². The van der Waals surface area contributed by atoms with E-state index in [0.717, 1.165) is 77.0 Å². The Morgan fingerprint density at radius 3 is 1.43 bits per heavy atom. The lowest BCUT2D eigenvalue weighted by Gasteiger charge is -2.28. The molecule has 0 saturated carbocycles. The lowest BCUT2D eigenvalue weighted by molar-refractivity contribution is -0.870. The molecule has 0 aromatic rings. The summed E-state index contributed by atoms with van der Waals surface area (Å²) in [6, 6.07) is 0. The number of hydrogen-bond donors (Lipinski definition) is 0. The van der Waals surface area contributed by atoms with Crippen LogP contribution in [0, 0.1) is 0 Å². The molecule has 0 heterocycles. The molecule has 0 amide bonds. The van der Waals surface area contributed by atoms with Crippen molar-refractivity contribution in [3.05, 3.63) is 109 Å². The van der Waals surface area contributed by atoms with E-state index in [2.05, 4.69) is 117 Å². The predicted molar refractivity (Wildman–Crippen MR) is 249 cm³/mol. The number of likely N-dealkylation sites (N-methyl/N-ethyl adjacent to an activating group) is 1. The highest BCUT2D eigenvalue weighted by Crippen LogP contribution is 2.38. The predicted octanol–water partition coefficient (Wildman–Crippen LogP) is 12.5. The van der Waals surface area contributed by atoms with Crippen molar-refractivity contribution in [3.63, 3.8) is 0 Å². The smallest absolute Gasteiger partial charge is 0.306 e. The minimum Gasteiger partial charge on any atom is -0.756 e. The Bertz CT molecular complexity index is 1380. The minimum atomic E-state index is -4.66. The molecule has 340 valence electrons. The van der Waals surface area contributed by atoms with Crippen molar-refractivity contribution in [1.29, 1.82) is 0 Å². The molecule has 0 bridgehead atoms. The molecule has 9 nitrogen and oxygen atoms in total. The van der Waals surface area contributed by atoms with Gasteiger partial charge in [-0.15, -0.1) is 0 Å². The summed E-state index contributed by atoms with van der Waals surface area (Å²) in [4.78, 5) is 37.6. The van der Waals surface area contributed by atoms with Gasteiger partial charge in [0.15, 0.2) is 6.10 Å². The first-order chi connectivity index (χ1) is 29.0. The Kier molecular flexibility index (Phi) is 38.8. The van der Waals surface area contributed by atoms with Gasteiger partial charge in [-0.1, -0.05) is 142 Å². The van der Waals surface area contributed by atoms with Gasteiger partial charge in [0.1, 0.15) is 19.8 Å². The summed E-state index contributed by atoms with van der Waals surface area (Å²) in [6.07, 6.45) is 55.5. The SMILES string of the molecule is CC/C=C/C/C=C/C/C=C/C/C=C/C/C=C/CCCCCC(=O)O[C@H](COC(=O)CCC/C=C/C/C=C/C/C=C/C/C=C/CCCCC)COP(=O)([O-])OCC[N+](C)(C)C. The topological polar surface area (TPSA) is 111 Å². The third kappa shape index (κ3) is 44.2. The van der Waals surface area contributed by atoms with Crippen molar-refractivity contribution in [1.82, 2.24) is 0 Å². The zero-order valence-electron chi connectivity index (χ0n) is 38.1. The molecular weight excluding hydrogens is 774 g/mol. The summed E-state index contributed by atoms with van der Waals surface area (Å²) in [5, 5.41) is 0. The van der Waals surface area contributed by atoms with E-state index >= 15 is 0 Å². The number of esters is 2. The van der Waals surface area contributed by atoms with Crippen molar-refractivity contribution < 1.29 is 42.1 Å². The second-order valence-corrected chi connectivity index (χ2v) is 17.1. The standard InChI is InChI=1S/C50H82NO8P/c1-6-8-10-12-14-16-18-20-22-24-25-27-29-31-33-35-37-39-41-43-50(53)59-48(47-58-60(54,55)57-45-44-51(3,4)5)46-56-49(52)42-40-38-36-34-32-30-28-26-23-21-19-17-15-13-11-9-7-2/h8,10,14-17,20-23,25,27-28,30-31,33-34,36,48H,6-7,9,11-13,18-19,24,26,29,32,35,37-47H2,1-5H3/b10-8+,16-14+,17-15+,22-20+,23-21+,27-25+,30-28+,33-31+,36-34+/t48-/m1/s1. The molecule has 0 aliphatic heterocycles. The summed E-state index contributed by atoms with van der Waals surface area (Å²) in [5.74, 6) is -0.951. The van der Waals surface area contributed by atoms with E-state index in [-0.39, 0.29) is 26.1 Å². The Hall–Kier alpha value is -3.33. The number of phosphoric acid groups is 1. The van der Waals surface area contributed by atoms with Crippen molar-refractivity contribution in [2.75, 3.05) is 47.5 Å². The number of carbonyl (C=O) groups excluding carboxylic acids is 2. The number of unbranched alkanes of at least 4 members (excludes halogenated alkanes) is 7. The van der Waals surface area contributed by atoms with Crippen molar-refractivity contribution in [2.24, 2.45) is 0 Å². The molecule has 60 heavy (non-hydrogen) atoms. The number of quaternary nitrogens is 1. The largest absolute Gasteiger partial charge is 0.756 e. The van der Waals surface area contributed by atoms with Crippen molar-refractivity contribution in [2.45, 2.75) is 148 Å². The molecule has 0 radical (unpaired) electrons. The maximum absolute atomic E-state index is 12.7. The van der Waals surface area contributed by atoms with E-state index in [1.807, 2.05) is 27.2 Å². The van der Waals surface area contributed by atoms with Gasteiger partial charge in [0.25, 0.3) is 7.82 Å². The van der Waals surface area contributed by atoms with Crippen LogP contribution in [0.5, 0.6) is 0 Å². The van der Waals surface area contributed by atoms with Gasteiger partial charge < -0.3 is 27.9 Å². The van der Waals surface area contributed by atoms with Gasteiger partial charge in [0, 0.05) is 12.8 Å². The lowest BCUT2D eigenvalue weighted by atomic mass is 10.1. The average Bonchev–Trinajstić information content (AvgIpc) is 3.20. The number of ether oxygens (including phenoxy) is 2.